The molecule has 5 heteroatoms. The number of nitrogens with two attached hydrogens (primary N) is 1. The summed E-state index contributed by atoms with van der Waals surface area (Å²) in [6.45, 7) is 0. The maximum absolute atomic E-state index is 5.87. The van der Waals surface area contributed by atoms with Crippen LogP contribution in [0.5, 0.6) is 0 Å². The normalized spacial score (nSPS) is 10.7. The van der Waals surface area contributed by atoms with Crippen LogP contribution < -0.4 is 11.1 Å². The second-order valence-corrected chi connectivity index (χ2v) is 4.11. The van der Waals surface area contributed by atoms with Crippen molar-refractivity contribution in [3.63, 3.8) is 0 Å². The zero-order chi connectivity index (χ0) is 12.5. The fourth-order valence-electron chi connectivity index (χ4n) is 1.94. The van der Waals surface area contributed by atoms with E-state index >= 15 is 0 Å². The van der Waals surface area contributed by atoms with E-state index in [1.807, 2.05) is 37.4 Å². The number of anilines is 3. The lowest BCUT2D eigenvalue weighted by Gasteiger charge is -2.07. The van der Waals surface area contributed by atoms with Gasteiger partial charge in [0.25, 0.3) is 0 Å². The van der Waals surface area contributed by atoms with Gasteiger partial charge in [0.2, 0.25) is 0 Å². The smallest absolute Gasteiger partial charge is 0.175 e. The summed E-state index contributed by atoms with van der Waals surface area (Å²) in [5, 5.41) is 8.56. The third-order valence-corrected chi connectivity index (χ3v) is 2.76. The second-order valence-electron chi connectivity index (χ2n) is 4.11. The minimum atomic E-state index is 0.624. The molecule has 0 bridgehead atoms. The summed E-state index contributed by atoms with van der Waals surface area (Å²) in [6, 6.07) is 9.84. The van der Waals surface area contributed by atoms with E-state index in [1.54, 1.807) is 17.1 Å². The van der Waals surface area contributed by atoms with Crippen molar-refractivity contribution >= 4 is 28.1 Å². The Labute approximate surface area is 104 Å². The highest BCUT2D eigenvalue weighted by Gasteiger charge is 2.06. The fourth-order valence-corrected chi connectivity index (χ4v) is 1.94. The summed E-state index contributed by atoms with van der Waals surface area (Å²) in [4.78, 5) is 4.31. The number of benzene rings is 1. The molecule has 0 radical (unpaired) electrons. The first-order valence-corrected chi connectivity index (χ1v) is 5.64. The summed E-state index contributed by atoms with van der Waals surface area (Å²) >= 11 is 0. The maximum atomic E-state index is 5.87. The monoisotopic (exact) mass is 239 g/mol. The van der Waals surface area contributed by atoms with E-state index in [-0.39, 0.29) is 0 Å². The zero-order valence-corrected chi connectivity index (χ0v) is 9.96. The van der Waals surface area contributed by atoms with Crippen molar-refractivity contribution in [1.82, 2.24) is 14.8 Å². The molecule has 0 spiro atoms. The molecule has 0 atom stereocenters. The molecule has 5 nitrogen and oxygen atoms in total. The van der Waals surface area contributed by atoms with Crippen LogP contribution >= 0.6 is 0 Å². The molecule has 1 aromatic carbocycles. The Balaban J connectivity index is 2.07. The minimum Gasteiger partial charge on any atom is -0.394 e. The molecule has 0 amide bonds. The summed E-state index contributed by atoms with van der Waals surface area (Å²) in [6.07, 6.45) is 3.55. The maximum Gasteiger partial charge on any atom is 0.175 e. The van der Waals surface area contributed by atoms with Gasteiger partial charge in [-0.05, 0) is 24.3 Å². The van der Waals surface area contributed by atoms with Crippen LogP contribution in [-0.4, -0.2) is 14.8 Å². The highest BCUT2D eigenvalue weighted by Crippen LogP contribution is 2.26. The third-order valence-electron chi connectivity index (χ3n) is 2.76. The highest BCUT2D eigenvalue weighted by atomic mass is 15.3. The first-order valence-electron chi connectivity index (χ1n) is 5.64. The Kier molecular flexibility index (Phi) is 2.37. The van der Waals surface area contributed by atoms with Crippen molar-refractivity contribution in [2.24, 2.45) is 7.05 Å². The van der Waals surface area contributed by atoms with Crippen LogP contribution in [0.15, 0.2) is 42.7 Å². The number of pyridine rings is 1. The molecule has 3 N–H and O–H groups in total. The van der Waals surface area contributed by atoms with Crippen molar-refractivity contribution in [2.45, 2.75) is 0 Å². The lowest BCUT2D eigenvalue weighted by atomic mass is 10.2. The molecule has 2 heterocycles. The number of hydrogen-bond donors (Lipinski definition) is 2. The van der Waals surface area contributed by atoms with Gasteiger partial charge in [-0.2, -0.15) is 5.10 Å². The average molecular weight is 239 g/mol. The van der Waals surface area contributed by atoms with Gasteiger partial charge in [-0.15, -0.1) is 0 Å². The number of rotatable bonds is 2. The van der Waals surface area contributed by atoms with E-state index in [9.17, 15) is 0 Å². The lowest BCUT2D eigenvalue weighted by Crippen LogP contribution is -1.96. The van der Waals surface area contributed by atoms with E-state index < -0.39 is 0 Å². The summed E-state index contributed by atoms with van der Waals surface area (Å²) in [7, 11) is 1.84. The molecule has 0 aliphatic carbocycles. The first-order chi connectivity index (χ1) is 8.74. The summed E-state index contributed by atoms with van der Waals surface area (Å²) in [5.41, 5.74) is 8.39. The summed E-state index contributed by atoms with van der Waals surface area (Å²) in [5.74, 6) is 0.661. The number of aromatic nitrogens is 3. The Morgan fingerprint density at radius 3 is 2.89 bits per heavy atom. The van der Waals surface area contributed by atoms with Gasteiger partial charge in [-0.3, -0.25) is 9.67 Å². The number of nitrogens with zero attached hydrogens (tertiary/aromatic N) is 3. The number of hydrogen-bond acceptors (Lipinski definition) is 4. The van der Waals surface area contributed by atoms with Gasteiger partial charge >= 0.3 is 0 Å². The lowest BCUT2D eigenvalue weighted by molar-refractivity contribution is 0.771. The van der Waals surface area contributed by atoms with Crippen LogP contribution in [0.3, 0.4) is 0 Å². The highest BCUT2D eigenvalue weighted by molar-refractivity contribution is 5.93. The van der Waals surface area contributed by atoms with Crippen molar-refractivity contribution in [1.29, 1.82) is 0 Å². The predicted molar refractivity (Wildman–Crippen MR) is 72.6 cm³/mol. The standard InChI is InChI=1S/C13H13N5/c1-18-8-10(14)13(17-18)16-12-6-2-5-11-9(12)4-3-7-15-11/h2-8H,14H2,1H3,(H,16,17). The first kappa shape index (κ1) is 10.6. The quantitative estimate of drug-likeness (QED) is 0.720. The van der Waals surface area contributed by atoms with Gasteiger partial charge in [0.05, 0.1) is 11.2 Å². The van der Waals surface area contributed by atoms with Crippen molar-refractivity contribution < 1.29 is 0 Å². The van der Waals surface area contributed by atoms with Gasteiger partial charge < -0.3 is 11.1 Å². The molecule has 0 aliphatic rings. The molecule has 0 unspecified atom stereocenters. The SMILES string of the molecule is Cn1cc(N)c(Nc2cccc3ncccc23)n1. The van der Waals surface area contributed by atoms with Gasteiger partial charge in [0, 0.05) is 30.5 Å². The molecular weight excluding hydrogens is 226 g/mol. The molecule has 0 saturated heterocycles. The molecule has 3 aromatic rings. The number of nitrogens with one attached hydrogen (secondary N) is 1. The van der Waals surface area contributed by atoms with Gasteiger partial charge in [0.1, 0.15) is 0 Å². The predicted octanol–water partition coefficient (Wildman–Crippen LogP) is 2.29. The van der Waals surface area contributed by atoms with Crippen LogP contribution in [-0.2, 0) is 7.05 Å². The van der Waals surface area contributed by atoms with Crippen LogP contribution in [0.25, 0.3) is 10.9 Å². The largest absolute Gasteiger partial charge is 0.394 e. The van der Waals surface area contributed by atoms with Crippen LogP contribution in [0.1, 0.15) is 0 Å². The van der Waals surface area contributed by atoms with Gasteiger partial charge in [0.15, 0.2) is 5.82 Å². The van der Waals surface area contributed by atoms with Crippen molar-refractivity contribution in [2.75, 3.05) is 11.1 Å². The van der Waals surface area contributed by atoms with E-state index in [4.69, 9.17) is 5.73 Å². The van der Waals surface area contributed by atoms with E-state index in [2.05, 4.69) is 15.4 Å². The molecule has 3 rings (SSSR count). The number of fused-ring (bicyclic) bond motifs is 1. The van der Waals surface area contributed by atoms with Crippen LogP contribution in [0.2, 0.25) is 0 Å². The van der Waals surface area contributed by atoms with Gasteiger partial charge in [-0.25, -0.2) is 0 Å². The Morgan fingerprint density at radius 1 is 1.22 bits per heavy atom. The van der Waals surface area contributed by atoms with E-state index in [0.29, 0.717) is 11.5 Å². The third kappa shape index (κ3) is 1.75. The fraction of sp³-hybridized carbons (Fsp3) is 0.0769. The average Bonchev–Trinajstić information content (AvgIpc) is 2.68. The molecule has 0 fully saturated rings. The molecule has 0 saturated carbocycles. The van der Waals surface area contributed by atoms with Crippen molar-refractivity contribution in [3.05, 3.63) is 42.7 Å². The minimum absolute atomic E-state index is 0.624. The van der Waals surface area contributed by atoms with E-state index in [0.717, 1.165) is 16.6 Å². The summed E-state index contributed by atoms with van der Waals surface area (Å²) < 4.78 is 1.68. The second kappa shape index (κ2) is 4.03. The van der Waals surface area contributed by atoms with Crippen molar-refractivity contribution in [3.8, 4) is 0 Å². The van der Waals surface area contributed by atoms with Crippen LogP contribution in [0.4, 0.5) is 17.2 Å². The molecule has 18 heavy (non-hydrogen) atoms. The molecule has 0 aliphatic heterocycles. The molecular formula is C13H13N5. The number of aryl methyl sites for hydroxylation is 1. The van der Waals surface area contributed by atoms with E-state index in [1.165, 1.54) is 0 Å². The molecule has 90 valence electrons. The Bertz CT molecular complexity index is 696. The Morgan fingerprint density at radius 2 is 2.11 bits per heavy atom. The zero-order valence-electron chi connectivity index (χ0n) is 9.96. The topological polar surface area (TPSA) is 68.8 Å². The van der Waals surface area contributed by atoms with Gasteiger partial charge in [-0.1, -0.05) is 6.07 Å². The Hall–Kier alpha value is -2.56. The number of nitrogen functional groups attached to an aromatic ring is 1. The van der Waals surface area contributed by atoms with Crippen LogP contribution in [0, 0.1) is 0 Å². The molecule has 2 aromatic heterocycles.